The van der Waals surface area contributed by atoms with Gasteiger partial charge in [-0.1, -0.05) is 42.5 Å². The Bertz CT molecular complexity index is 1170. The number of nitrogens with zero attached hydrogens (tertiary/aromatic N) is 3. The predicted molar refractivity (Wildman–Crippen MR) is 114 cm³/mol. The second-order valence-corrected chi connectivity index (χ2v) is 7.87. The molecule has 5 rings (SSSR count). The molecule has 0 bridgehead atoms. The highest BCUT2D eigenvalue weighted by Crippen LogP contribution is 2.39. The molecule has 2 aromatic carbocycles. The van der Waals surface area contributed by atoms with Crippen LogP contribution in [0.15, 0.2) is 67.1 Å². The molecule has 1 fully saturated rings. The van der Waals surface area contributed by atoms with Gasteiger partial charge in [0.1, 0.15) is 23.6 Å². The third kappa shape index (κ3) is 3.66. The highest BCUT2D eigenvalue weighted by molar-refractivity contribution is 5.90. The molecule has 0 radical (unpaired) electrons. The van der Waals surface area contributed by atoms with Gasteiger partial charge >= 0.3 is 0 Å². The minimum Gasteiger partial charge on any atom is -0.383 e. The number of halogens is 1. The van der Waals surface area contributed by atoms with Gasteiger partial charge in [-0.15, -0.1) is 0 Å². The zero-order valence-corrected chi connectivity index (χ0v) is 16.5. The Morgan fingerprint density at radius 1 is 1.03 bits per heavy atom. The molecule has 2 heterocycles. The Morgan fingerprint density at radius 3 is 2.63 bits per heavy atom. The van der Waals surface area contributed by atoms with Crippen LogP contribution in [0.25, 0.3) is 11.0 Å². The van der Waals surface area contributed by atoms with Gasteiger partial charge in [0.25, 0.3) is 0 Å². The molecule has 0 atom stereocenters. The molecule has 6 heteroatoms. The molecule has 0 amide bonds. The summed E-state index contributed by atoms with van der Waals surface area (Å²) in [7, 11) is 0. The monoisotopic (exact) mass is 402 g/mol. The lowest BCUT2D eigenvalue weighted by molar-refractivity contribution is -0.0348. The topological polar surface area (TPSA) is 66.0 Å². The van der Waals surface area contributed by atoms with Crippen molar-refractivity contribution in [1.82, 2.24) is 14.5 Å². The first-order valence-corrected chi connectivity index (χ1v) is 10.2. The fourth-order valence-corrected chi connectivity index (χ4v) is 4.16. The van der Waals surface area contributed by atoms with Gasteiger partial charge in [-0.25, -0.2) is 14.4 Å². The van der Waals surface area contributed by atoms with Gasteiger partial charge in [0.15, 0.2) is 0 Å². The van der Waals surface area contributed by atoms with Gasteiger partial charge in [-0.3, -0.25) is 0 Å². The molecule has 1 aliphatic rings. The second kappa shape index (κ2) is 7.88. The molecule has 4 aromatic rings. The van der Waals surface area contributed by atoms with E-state index in [4.69, 9.17) is 10.5 Å². The van der Waals surface area contributed by atoms with Gasteiger partial charge in [0, 0.05) is 12.2 Å². The highest BCUT2D eigenvalue weighted by Gasteiger charge is 2.33. The van der Waals surface area contributed by atoms with Crippen LogP contribution >= 0.6 is 0 Å². The van der Waals surface area contributed by atoms with Crippen molar-refractivity contribution in [2.75, 3.05) is 5.73 Å². The van der Waals surface area contributed by atoms with Crippen molar-refractivity contribution in [1.29, 1.82) is 0 Å². The first-order valence-electron chi connectivity index (χ1n) is 10.2. The van der Waals surface area contributed by atoms with Crippen molar-refractivity contribution in [2.24, 2.45) is 0 Å². The summed E-state index contributed by atoms with van der Waals surface area (Å²) < 4.78 is 21.9. The lowest BCUT2D eigenvalue weighted by Crippen LogP contribution is -2.33. The molecule has 0 aliphatic heterocycles. The smallest absolute Gasteiger partial charge is 0.146 e. The van der Waals surface area contributed by atoms with Crippen LogP contribution in [0.2, 0.25) is 0 Å². The molecule has 152 valence electrons. The Kier molecular flexibility index (Phi) is 4.93. The van der Waals surface area contributed by atoms with E-state index in [0.717, 1.165) is 35.0 Å². The Labute approximate surface area is 174 Å². The van der Waals surface area contributed by atoms with Crippen molar-refractivity contribution in [3.8, 4) is 0 Å². The van der Waals surface area contributed by atoms with Crippen LogP contribution in [0.5, 0.6) is 0 Å². The molecule has 2 N–H and O–H groups in total. The number of hydrogen-bond acceptors (Lipinski definition) is 4. The van der Waals surface area contributed by atoms with E-state index in [1.165, 1.54) is 18.0 Å². The van der Waals surface area contributed by atoms with Crippen molar-refractivity contribution in [3.05, 3.63) is 89.6 Å². The number of anilines is 1. The van der Waals surface area contributed by atoms with Crippen LogP contribution in [-0.4, -0.2) is 20.6 Å². The number of benzene rings is 2. The average Bonchev–Trinajstić information content (AvgIpc) is 3.07. The van der Waals surface area contributed by atoms with E-state index >= 15 is 0 Å². The van der Waals surface area contributed by atoms with Gasteiger partial charge in [-0.05, 0) is 48.1 Å². The van der Waals surface area contributed by atoms with E-state index in [9.17, 15) is 4.39 Å². The molecule has 0 spiro atoms. The number of fused-ring (bicyclic) bond motifs is 1. The Hall–Kier alpha value is -3.25. The van der Waals surface area contributed by atoms with Crippen LogP contribution in [0.4, 0.5) is 10.2 Å². The lowest BCUT2D eigenvalue weighted by Gasteiger charge is -2.36. The van der Waals surface area contributed by atoms with E-state index in [1.54, 1.807) is 12.1 Å². The normalized spacial score (nSPS) is 18.4. The van der Waals surface area contributed by atoms with Crippen molar-refractivity contribution in [2.45, 2.75) is 38.0 Å². The summed E-state index contributed by atoms with van der Waals surface area (Å²) in [5, 5.41) is 0.857. The van der Waals surface area contributed by atoms with E-state index in [-0.39, 0.29) is 11.9 Å². The zero-order valence-electron chi connectivity index (χ0n) is 16.5. The van der Waals surface area contributed by atoms with Crippen LogP contribution in [0.1, 0.15) is 35.6 Å². The summed E-state index contributed by atoms with van der Waals surface area (Å²) in [5.41, 5.74) is 10.1. The molecule has 5 nitrogen and oxygen atoms in total. The number of aromatic nitrogens is 3. The maximum Gasteiger partial charge on any atom is 0.146 e. The van der Waals surface area contributed by atoms with Gasteiger partial charge in [0.2, 0.25) is 0 Å². The highest BCUT2D eigenvalue weighted by atomic mass is 19.1. The molecular weight excluding hydrogens is 379 g/mol. The summed E-state index contributed by atoms with van der Waals surface area (Å²) >= 11 is 0. The zero-order chi connectivity index (χ0) is 20.5. The van der Waals surface area contributed by atoms with Gasteiger partial charge in [-0.2, -0.15) is 0 Å². The largest absolute Gasteiger partial charge is 0.383 e. The van der Waals surface area contributed by atoms with Crippen LogP contribution < -0.4 is 5.73 Å². The quantitative estimate of drug-likeness (QED) is 0.509. The van der Waals surface area contributed by atoms with Crippen LogP contribution in [0, 0.1) is 5.82 Å². The summed E-state index contributed by atoms with van der Waals surface area (Å²) in [5.74, 6) is 0.221. The first-order chi connectivity index (χ1) is 14.7. The lowest BCUT2D eigenvalue weighted by atomic mass is 9.89. The van der Waals surface area contributed by atoms with Crippen molar-refractivity contribution in [3.63, 3.8) is 0 Å². The molecule has 30 heavy (non-hydrogen) atoms. The van der Waals surface area contributed by atoms with E-state index < -0.39 is 0 Å². The van der Waals surface area contributed by atoms with E-state index in [0.29, 0.717) is 24.9 Å². The summed E-state index contributed by atoms with van der Waals surface area (Å²) in [6.07, 6.45) is 6.28. The maximum atomic E-state index is 13.6. The maximum absolute atomic E-state index is 13.6. The van der Waals surface area contributed by atoms with E-state index in [1.807, 2.05) is 24.3 Å². The third-order valence-electron chi connectivity index (χ3n) is 5.79. The molecule has 1 saturated carbocycles. The molecule has 0 saturated heterocycles. The fourth-order valence-electron chi connectivity index (χ4n) is 4.16. The number of nitrogens with two attached hydrogens (primary N) is 1. The second-order valence-electron chi connectivity index (χ2n) is 7.87. The molecule has 1 aliphatic carbocycles. The Balaban J connectivity index is 1.35. The molecule has 2 aromatic heterocycles. The van der Waals surface area contributed by atoms with Gasteiger partial charge in [0.05, 0.1) is 18.1 Å². The predicted octanol–water partition coefficient (Wildman–Crippen LogP) is 4.66. The molecular formula is C24H23FN4O. The Morgan fingerprint density at radius 2 is 1.83 bits per heavy atom. The van der Waals surface area contributed by atoms with Crippen LogP contribution in [-0.2, 0) is 17.8 Å². The third-order valence-corrected chi connectivity index (χ3v) is 5.79. The standard InChI is InChI=1S/C24H23FN4O/c25-19-8-4-7-17(10-19)9-18-13-29(24-22(18)23(26)27-15-28-24)20-11-21(12-20)30-14-16-5-2-1-3-6-16/h1-8,10,13,15,20-21H,9,11-12,14H2,(H2,26,27,28)/t20-,21-. The van der Waals surface area contributed by atoms with E-state index in [2.05, 4.69) is 32.9 Å². The minimum absolute atomic E-state index is 0.235. The SMILES string of the molecule is Nc1ncnc2c1c(Cc1cccc(F)c1)cn2[C@H]1C[C@H](OCc2ccccc2)C1. The number of hydrogen-bond donors (Lipinski definition) is 1. The summed E-state index contributed by atoms with van der Waals surface area (Å²) in [4.78, 5) is 8.68. The number of ether oxygens (including phenoxy) is 1. The first kappa shape index (κ1) is 18.8. The summed E-state index contributed by atoms with van der Waals surface area (Å²) in [6, 6.07) is 17.2. The number of rotatable bonds is 6. The average molecular weight is 402 g/mol. The minimum atomic E-state index is -0.238. The van der Waals surface area contributed by atoms with Crippen molar-refractivity contribution < 1.29 is 9.13 Å². The number of nitrogen functional groups attached to an aromatic ring is 1. The van der Waals surface area contributed by atoms with Crippen molar-refractivity contribution >= 4 is 16.9 Å². The summed E-state index contributed by atoms with van der Waals surface area (Å²) in [6.45, 7) is 0.630. The fraction of sp³-hybridized carbons (Fsp3) is 0.250. The van der Waals surface area contributed by atoms with Crippen LogP contribution in [0.3, 0.4) is 0 Å². The molecule has 0 unspecified atom stereocenters. The van der Waals surface area contributed by atoms with Gasteiger partial charge < -0.3 is 15.0 Å².